The van der Waals surface area contributed by atoms with Gasteiger partial charge in [-0.05, 0) is 28.1 Å². The van der Waals surface area contributed by atoms with Crippen molar-refractivity contribution in [3.8, 4) is 0 Å². The van der Waals surface area contributed by atoms with Crippen LogP contribution in [-0.2, 0) is 0 Å². The van der Waals surface area contributed by atoms with Crippen molar-refractivity contribution < 1.29 is 4.79 Å². The first-order valence-electron chi connectivity index (χ1n) is 5.16. The van der Waals surface area contributed by atoms with E-state index < -0.39 is 0 Å². The molecule has 1 heterocycles. The lowest BCUT2D eigenvalue weighted by molar-refractivity contribution is 0.102. The Labute approximate surface area is 122 Å². The van der Waals surface area contributed by atoms with Crippen LogP contribution >= 0.6 is 27.5 Å². The lowest BCUT2D eigenvalue weighted by Crippen LogP contribution is -2.15. The van der Waals surface area contributed by atoms with E-state index in [1.165, 1.54) is 12.4 Å². The normalized spacial score (nSPS) is 10.1. The van der Waals surface area contributed by atoms with E-state index in [1.807, 2.05) is 0 Å². The van der Waals surface area contributed by atoms with E-state index in [0.29, 0.717) is 21.0 Å². The number of halogens is 2. The maximum absolute atomic E-state index is 11.9. The zero-order valence-corrected chi connectivity index (χ0v) is 11.9. The minimum atomic E-state index is -0.390. The molecule has 0 unspecified atom stereocenters. The Hall–Kier alpha value is -1.70. The Morgan fingerprint density at radius 1 is 1.32 bits per heavy atom. The summed E-state index contributed by atoms with van der Waals surface area (Å²) in [4.78, 5) is 19.8. The third-order valence-electron chi connectivity index (χ3n) is 2.23. The van der Waals surface area contributed by atoms with Gasteiger partial charge in [-0.3, -0.25) is 4.79 Å². The second kappa shape index (κ2) is 5.96. The zero-order valence-electron chi connectivity index (χ0n) is 9.52. The number of carbonyl (C=O) groups excluding carboxylic acids is 1. The number of nitrogens with zero attached hydrogens (tertiary/aromatic N) is 2. The molecule has 0 aliphatic rings. The third kappa shape index (κ3) is 3.19. The van der Waals surface area contributed by atoms with Crippen molar-refractivity contribution in [2.75, 3.05) is 10.7 Å². The molecule has 8 heteroatoms. The minimum Gasteiger partial charge on any atom is -0.320 e. The highest BCUT2D eigenvalue weighted by atomic mass is 79.9. The lowest BCUT2D eigenvalue weighted by atomic mass is 10.3. The van der Waals surface area contributed by atoms with Crippen LogP contribution in [0.1, 0.15) is 10.5 Å². The molecule has 2 rings (SSSR count). The van der Waals surface area contributed by atoms with Crippen LogP contribution in [-0.4, -0.2) is 15.9 Å². The highest BCUT2D eigenvalue weighted by Gasteiger charge is 2.11. The summed E-state index contributed by atoms with van der Waals surface area (Å²) < 4.78 is 0.609. The topological polar surface area (TPSA) is 92.9 Å². The Balaban J connectivity index is 2.18. The summed E-state index contributed by atoms with van der Waals surface area (Å²) in [5, 5.41) is 3.19. The van der Waals surface area contributed by atoms with Gasteiger partial charge in [0.2, 0.25) is 0 Å². The summed E-state index contributed by atoms with van der Waals surface area (Å²) >= 11 is 9.23. The number of benzene rings is 1. The van der Waals surface area contributed by atoms with Crippen LogP contribution in [0.3, 0.4) is 0 Å². The van der Waals surface area contributed by atoms with Gasteiger partial charge in [-0.1, -0.05) is 17.7 Å². The predicted octanol–water partition coefficient (Wildman–Crippen LogP) is 2.43. The quantitative estimate of drug-likeness (QED) is 0.588. The number of hydrazine groups is 1. The summed E-state index contributed by atoms with van der Waals surface area (Å²) in [5.74, 6) is 5.15. The van der Waals surface area contributed by atoms with Crippen molar-refractivity contribution in [3.05, 3.63) is 45.8 Å². The molecule has 0 aliphatic heterocycles. The van der Waals surface area contributed by atoms with E-state index in [9.17, 15) is 4.79 Å². The summed E-state index contributed by atoms with van der Waals surface area (Å²) in [6.07, 6.45) is 2.69. The molecule has 4 N–H and O–H groups in total. The molecule has 0 atom stereocenters. The largest absolute Gasteiger partial charge is 0.320 e. The predicted molar refractivity (Wildman–Crippen MR) is 76.9 cm³/mol. The van der Waals surface area contributed by atoms with Gasteiger partial charge in [0.15, 0.2) is 5.82 Å². The number of anilines is 2. The summed E-state index contributed by atoms with van der Waals surface area (Å²) in [7, 11) is 0. The maximum atomic E-state index is 11.9. The van der Waals surface area contributed by atoms with Crippen molar-refractivity contribution in [2.45, 2.75) is 0 Å². The van der Waals surface area contributed by atoms with Crippen LogP contribution in [0.5, 0.6) is 0 Å². The SMILES string of the molecule is NNc1cnc(C(=O)Nc2cccc(Cl)c2Br)cn1. The molecule has 19 heavy (non-hydrogen) atoms. The van der Waals surface area contributed by atoms with Gasteiger partial charge >= 0.3 is 0 Å². The van der Waals surface area contributed by atoms with Crippen molar-refractivity contribution >= 4 is 44.9 Å². The molecule has 2 aromatic rings. The van der Waals surface area contributed by atoms with Gasteiger partial charge in [0, 0.05) is 0 Å². The smallest absolute Gasteiger partial charge is 0.275 e. The van der Waals surface area contributed by atoms with Gasteiger partial charge in [-0.25, -0.2) is 15.8 Å². The van der Waals surface area contributed by atoms with E-state index in [4.69, 9.17) is 17.4 Å². The van der Waals surface area contributed by atoms with E-state index in [1.54, 1.807) is 18.2 Å². The first-order valence-corrected chi connectivity index (χ1v) is 6.33. The second-order valence-corrected chi connectivity index (χ2v) is 4.69. The average Bonchev–Trinajstić information content (AvgIpc) is 2.44. The highest BCUT2D eigenvalue weighted by molar-refractivity contribution is 9.10. The van der Waals surface area contributed by atoms with Gasteiger partial charge in [0.05, 0.1) is 27.6 Å². The molecule has 0 saturated carbocycles. The molecule has 0 aliphatic carbocycles. The van der Waals surface area contributed by atoms with E-state index in [0.717, 1.165) is 0 Å². The molecule has 0 fully saturated rings. The van der Waals surface area contributed by atoms with Gasteiger partial charge in [-0.2, -0.15) is 0 Å². The Morgan fingerprint density at radius 3 is 2.74 bits per heavy atom. The van der Waals surface area contributed by atoms with Crippen LogP contribution in [0.15, 0.2) is 35.1 Å². The molecule has 6 nitrogen and oxygen atoms in total. The highest BCUT2D eigenvalue weighted by Crippen LogP contribution is 2.30. The fraction of sp³-hybridized carbons (Fsp3) is 0. The van der Waals surface area contributed by atoms with E-state index in [2.05, 4.69) is 36.6 Å². The van der Waals surface area contributed by atoms with Crippen LogP contribution in [0.4, 0.5) is 11.5 Å². The summed E-state index contributed by atoms with van der Waals surface area (Å²) in [6.45, 7) is 0. The maximum Gasteiger partial charge on any atom is 0.275 e. The number of nitrogens with one attached hydrogen (secondary N) is 2. The molecule has 0 bridgehead atoms. The van der Waals surface area contributed by atoms with Crippen LogP contribution in [0, 0.1) is 0 Å². The van der Waals surface area contributed by atoms with Crippen LogP contribution in [0.25, 0.3) is 0 Å². The number of rotatable bonds is 3. The average molecular weight is 343 g/mol. The molecule has 98 valence electrons. The molecule has 0 saturated heterocycles. The van der Waals surface area contributed by atoms with Gasteiger partial charge in [0.1, 0.15) is 5.69 Å². The van der Waals surface area contributed by atoms with Gasteiger partial charge < -0.3 is 10.7 Å². The minimum absolute atomic E-state index is 0.172. The Kier molecular flexibility index (Phi) is 4.31. The lowest BCUT2D eigenvalue weighted by Gasteiger charge is -2.08. The number of hydrogen-bond donors (Lipinski definition) is 3. The van der Waals surface area contributed by atoms with E-state index in [-0.39, 0.29) is 11.6 Å². The first-order chi connectivity index (χ1) is 9.11. The standard InChI is InChI=1S/C11H9BrClN5O/c12-10-6(13)2-1-3-7(10)17-11(19)8-4-16-9(18-14)5-15-8/h1-5H,14H2,(H,16,18)(H,17,19). The summed E-state index contributed by atoms with van der Waals surface area (Å²) in [6, 6.07) is 5.16. The van der Waals surface area contributed by atoms with E-state index >= 15 is 0 Å². The van der Waals surface area contributed by atoms with Gasteiger partial charge in [-0.15, -0.1) is 0 Å². The number of hydrogen-bond acceptors (Lipinski definition) is 5. The molecular weight excluding hydrogens is 334 g/mol. The van der Waals surface area contributed by atoms with Crippen molar-refractivity contribution in [1.29, 1.82) is 0 Å². The van der Waals surface area contributed by atoms with Crippen molar-refractivity contribution in [3.63, 3.8) is 0 Å². The fourth-order valence-corrected chi connectivity index (χ4v) is 1.84. The fourth-order valence-electron chi connectivity index (χ4n) is 1.31. The molecule has 1 aromatic heterocycles. The van der Waals surface area contributed by atoms with Gasteiger partial charge in [0.25, 0.3) is 5.91 Å². The number of nitrogens with two attached hydrogens (primary N) is 1. The number of carbonyl (C=O) groups is 1. The number of aromatic nitrogens is 2. The molecule has 0 spiro atoms. The van der Waals surface area contributed by atoms with Crippen LogP contribution in [0.2, 0.25) is 5.02 Å². The first kappa shape index (κ1) is 13.7. The molecule has 1 amide bonds. The Bertz CT molecular complexity index is 605. The third-order valence-corrected chi connectivity index (χ3v) is 3.63. The summed E-state index contributed by atoms with van der Waals surface area (Å²) in [5.41, 5.74) is 3.06. The molecular formula is C11H9BrClN5O. The van der Waals surface area contributed by atoms with Crippen molar-refractivity contribution in [2.24, 2.45) is 5.84 Å². The molecule has 1 aromatic carbocycles. The second-order valence-electron chi connectivity index (χ2n) is 3.49. The van der Waals surface area contributed by atoms with Crippen molar-refractivity contribution in [1.82, 2.24) is 9.97 Å². The Morgan fingerprint density at radius 2 is 2.11 bits per heavy atom. The molecule has 0 radical (unpaired) electrons. The number of amides is 1. The number of nitrogen functional groups attached to an aromatic ring is 1. The zero-order chi connectivity index (χ0) is 13.8. The van der Waals surface area contributed by atoms with Crippen LogP contribution < -0.4 is 16.6 Å². The monoisotopic (exact) mass is 341 g/mol.